The van der Waals surface area contributed by atoms with Gasteiger partial charge in [-0.15, -0.1) is 0 Å². The van der Waals surface area contributed by atoms with Gasteiger partial charge < -0.3 is 4.74 Å². The molecule has 0 aliphatic rings. The number of allylic oxidation sites excluding steroid dienone is 4. The number of rotatable bonds is 9. The Morgan fingerprint density at radius 3 is 2.29 bits per heavy atom. The molecule has 0 aliphatic carbocycles. The fraction of sp³-hybridized carbons (Fsp3) is 0.625. The quantitative estimate of drug-likeness (QED) is 0.509. The average molecular weight is 236 g/mol. The van der Waals surface area contributed by atoms with Gasteiger partial charge in [-0.25, -0.2) is 0 Å². The molecular formula is C16H28O. The molecular weight excluding hydrogens is 208 g/mol. The van der Waals surface area contributed by atoms with E-state index in [0.29, 0.717) is 6.61 Å². The van der Waals surface area contributed by atoms with E-state index in [4.69, 9.17) is 4.74 Å². The smallest absolute Gasteiger partial charge is 0.0674 e. The Labute approximate surface area is 107 Å². The molecule has 0 aliphatic heterocycles. The van der Waals surface area contributed by atoms with Crippen LogP contribution >= 0.6 is 0 Å². The van der Waals surface area contributed by atoms with Gasteiger partial charge in [0, 0.05) is 6.61 Å². The second kappa shape index (κ2) is 10.3. The highest BCUT2D eigenvalue weighted by molar-refractivity contribution is 5.04. The zero-order valence-electron chi connectivity index (χ0n) is 12.0. The largest absolute Gasteiger partial charge is 0.377 e. The molecule has 0 spiro atoms. The lowest BCUT2D eigenvalue weighted by atomic mass is 10.1. The second-order valence-corrected chi connectivity index (χ2v) is 4.80. The average Bonchev–Trinajstić information content (AvgIpc) is 2.25. The summed E-state index contributed by atoms with van der Waals surface area (Å²) in [5.41, 5.74) is 4.08. The first kappa shape index (κ1) is 16.2. The van der Waals surface area contributed by atoms with Crippen molar-refractivity contribution < 1.29 is 4.74 Å². The molecule has 17 heavy (non-hydrogen) atoms. The molecule has 1 nitrogen and oxygen atoms in total. The predicted molar refractivity (Wildman–Crippen MR) is 77.3 cm³/mol. The maximum Gasteiger partial charge on any atom is 0.0674 e. The SMILES string of the molecule is C=C(CC/C=C(\C)CCC=C(C)C)COCC. The van der Waals surface area contributed by atoms with Crippen LogP contribution in [0.25, 0.3) is 0 Å². The summed E-state index contributed by atoms with van der Waals surface area (Å²) < 4.78 is 5.32. The van der Waals surface area contributed by atoms with Crippen LogP contribution in [0, 0.1) is 0 Å². The van der Waals surface area contributed by atoms with Gasteiger partial charge in [0.1, 0.15) is 0 Å². The van der Waals surface area contributed by atoms with E-state index in [1.807, 2.05) is 6.92 Å². The summed E-state index contributed by atoms with van der Waals surface area (Å²) in [6, 6.07) is 0. The fourth-order valence-corrected chi connectivity index (χ4v) is 1.53. The molecule has 0 aromatic heterocycles. The van der Waals surface area contributed by atoms with Crippen LogP contribution in [0.5, 0.6) is 0 Å². The minimum absolute atomic E-state index is 0.709. The van der Waals surface area contributed by atoms with Crippen molar-refractivity contribution in [1.29, 1.82) is 0 Å². The van der Waals surface area contributed by atoms with Gasteiger partial charge in [0.05, 0.1) is 6.61 Å². The second-order valence-electron chi connectivity index (χ2n) is 4.80. The van der Waals surface area contributed by atoms with E-state index in [1.165, 1.54) is 23.1 Å². The Bertz CT molecular complexity index is 267. The molecule has 0 bridgehead atoms. The first-order chi connectivity index (χ1) is 8.06. The lowest BCUT2D eigenvalue weighted by Gasteiger charge is -2.04. The standard InChI is InChI=1S/C16H28O/c1-6-17-13-16(5)12-8-11-15(4)10-7-9-14(2)3/h9,11H,5-8,10,12-13H2,1-4H3/b15-11+. The molecule has 0 unspecified atom stereocenters. The predicted octanol–water partition coefficient (Wildman–Crippen LogP) is 5.05. The van der Waals surface area contributed by atoms with Gasteiger partial charge in [-0.1, -0.05) is 35.5 Å². The van der Waals surface area contributed by atoms with Gasteiger partial charge >= 0.3 is 0 Å². The van der Waals surface area contributed by atoms with Crippen molar-refractivity contribution in [3.8, 4) is 0 Å². The minimum atomic E-state index is 0.709. The normalized spacial score (nSPS) is 11.4. The Morgan fingerprint density at radius 1 is 1.06 bits per heavy atom. The van der Waals surface area contributed by atoms with Crippen molar-refractivity contribution in [2.45, 2.75) is 53.4 Å². The molecule has 0 atom stereocenters. The molecule has 0 aromatic carbocycles. The lowest BCUT2D eigenvalue weighted by molar-refractivity contribution is 0.169. The molecule has 0 saturated carbocycles. The van der Waals surface area contributed by atoms with Crippen molar-refractivity contribution >= 4 is 0 Å². The Kier molecular flexibility index (Phi) is 9.84. The third-order valence-electron chi connectivity index (χ3n) is 2.59. The van der Waals surface area contributed by atoms with Crippen LogP contribution in [-0.4, -0.2) is 13.2 Å². The van der Waals surface area contributed by atoms with Crippen LogP contribution in [-0.2, 0) is 4.74 Å². The minimum Gasteiger partial charge on any atom is -0.377 e. The first-order valence-electron chi connectivity index (χ1n) is 6.59. The Balaban J connectivity index is 3.69. The van der Waals surface area contributed by atoms with Crippen molar-refractivity contribution in [3.05, 3.63) is 35.5 Å². The van der Waals surface area contributed by atoms with Crippen LogP contribution in [0.15, 0.2) is 35.5 Å². The summed E-state index contributed by atoms with van der Waals surface area (Å²) in [4.78, 5) is 0. The van der Waals surface area contributed by atoms with Crippen molar-refractivity contribution in [2.24, 2.45) is 0 Å². The summed E-state index contributed by atoms with van der Waals surface area (Å²) >= 11 is 0. The molecule has 0 heterocycles. The fourth-order valence-electron chi connectivity index (χ4n) is 1.53. The molecule has 0 N–H and O–H groups in total. The summed E-state index contributed by atoms with van der Waals surface area (Å²) in [6.07, 6.45) is 9.08. The van der Waals surface area contributed by atoms with Crippen LogP contribution in [0.3, 0.4) is 0 Å². The van der Waals surface area contributed by atoms with E-state index < -0.39 is 0 Å². The zero-order valence-corrected chi connectivity index (χ0v) is 12.0. The Morgan fingerprint density at radius 2 is 1.71 bits per heavy atom. The van der Waals surface area contributed by atoms with E-state index in [1.54, 1.807) is 0 Å². The number of hydrogen-bond donors (Lipinski definition) is 0. The lowest BCUT2D eigenvalue weighted by Crippen LogP contribution is -1.96. The molecule has 0 radical (unpaired) electrons. The van der Waals surface area contributed by atoms with Crippen molar-refractivity contribution in [1.82, 2.24) is 0 Å². The van der Waals surface area contributed by atoms with Crippen LogP contribution in [0.4, 0.5) is 0 Å². The molecule has 0 aromatic rings. The molecule has 1 heteroatoms. The van der Waals surface area contributed by atoms with Gasteiger partial charge in [-0.2, -0.15) is 0 Å². The van der Waals surface area contributed by atoms with Gasteiger partial charge in [0.15, 0.2) is 0 Å². The summed E-state index contributed by atoms with van der Waals surface area (Å²) in [6.45, 7) is 14.0. The first-order valence-corrected chi connectivity index (χ1v) is 6.59. The highest BCUT2D eigenvalue weighted by Gasteiger charge is 1.94. The zero-order chi connectivity index (χ0) is 13.1. The third kappa shape index (κ3) is 11.4. The molecule has 0 rings (SSSR count). The topological polar surface area (TPSA) is 9.23 Å². The van der Waals surface area contributed by atoms with Crippen molar-refractivity contribution in [2.75, 3.05) is 13.2 Å². The molecule has 0 fully saturated rings. The van der Waals surface area contributed by atoms with Crippen LogP contribution < -0.4 is 0 Å². The Hall–Kier alpha value is -0.820. The summed E-state index contributed by atoms with van der Waals surface area (Å²) in [5.74, 6) is 0. The number of hydrogen-bond acceptors (Lipinski definition) is 1. The van der Waals surface area contributed by atoms with Crippen molar-refractivity contribution in [3.63, 3.8) is 0 Å². The highest BCUT2D eigenvalue weighted by atomic mass is 16.5. The van der Waals surface area contributed by atoms with E-state index >= 15 is 0 Å². The number of ether oxygens (including phenoxy) is 1. The summed E-state index contributed by atoms with van der Waals surface area (Å²) in [5, 5.41) is 0. The monoisotopic (exact) mass is 236 g/mol. The maximum absolute atomic E-state index is 5.32. The molecule has 0 saturated heterocycles. The van der Waals surface area contributed by atoms with E-state index in [0.717, 1.165) is 25.9 Å². The van der Waals surface area contributed by atoms with E-state index in [-0.39, 0.29) is 0 Å². The molecule has 0 amide bonds. The van der Waals surface area contributed by atoms with Crippen LogP contribution in [0.1, 0.15) is 53.4 Å². The van der Waals surface area contributed by atoms with Gasteiger partial charge in [-0.05, 0) is 53.4 Å². The van der Waals surface area contributed by atoms with Gasteiger partial charge in [0.2, 0.25) is 0 Å². The molecule has 98 valence electrons. The third-order valence-corrected chi connectivity index (χ3v) is 2.59. The highest BCUT2D eigenvalue weighted by Crippen LogP contribution is 2.10. The summed E-state index contributed by atoms with van der Waals surface area (Å²) in [7, 11) is 0. The van der Waals surface area contributed by atoms with E-state index in [2.05, 4.69) is 39.5 Å². The van der Waals surface area contributed by atoms with Gasteiger partial charge in [0.25, 0.3) is 0 Å². The maximum atomic E-state index is 5.32. The van der Waals surface area contributed by atoms with Gasteiger partial charge in [-0.3, -0.25) is 0 Å². The van der Waals surface area contributed by atoms with E-state index in [9.17, 15) is 0 Å². The van der Waals surface area contributed by atoms with Crippen LogP contribution in [0.2, 0.25) is 0 Å².